The highest BCUT2D eigenvalue weighted by atomic mass is 33.1. The number of hydrogen-bond donors (Lipinski definition) is 1. The van der Waals surface area contributed by atoms with E-state index in [9.17, 15) is 19.2 Å². The topological polar surface area (TPSA) is 98.8 Å². The highest BCUT2D eigenvalue weighted by Crippen LogP contribution is 2.23. The quantitative estimate of drug-likeness (QED) is 0.0752. The predicted octanol–water partition coefficient (Wildman–Crippen LogP) is 6.42. The van der Waals surface area contributed by atoms with E-state index >= 15 is 0 Å². The molecule has 0 saturated heterocycles. The van der Waals surface area contributed by atoms with Crippen molar-refractivity contribution in [2.75, 3.05) is 31.3 Å². The maximum Gasteiger partial charge on any atom is 0.305 e. The molecular weight excluding hydrogens is 498 g/mol. The first-order valence-corrected chi connectivity index (χ1v) is 16.3. The zero-order chi connectivity index (χ0) is 26.7. The van der Waals surface area contributed by atoms with Crippen molar-refractivity contribution in [1.82, 2.24) is 5.32 Å². The van der Waals surface area contributed by atoms with Gasteiger partial charge in [0.2, 0.25) is 5.91 Å². The Morgan fingerprint density at radius 2 is 1.08 bits per heavy atom. The van der Waals surface area contributed by atoms with Gasteiger partial charge in [-0.1, -0.05) is 67.5 Å². The van der Waals surface area contributed by atoms with Crippen molar-refractivity contribution in [3.63, 3.8) is 0 Å². The van der Waals surface area contributed by atoms with Gasteiger partial charge < -0.3 is 14.8 Å². The van der Waals surface area contributed by atoms with Crippen LogP contribution in [0.15, 0.2) is 0 Å². The highest BCUT2D eigenvalue weighted by molar-refractivity contribution is 8.76. The number of unbranched alkanes of at least 4 members (excludes halogenated alkanes) is 7. The monoisotopic (exact) mass is 547 g/mol. The van der Waals surface area contributed by atoms with Gasteiger partial charge in [0.05, 0.1) is 13.2 Å². The summed E-state index contributed by atoms with van der Waals surface area (Å²) in [6, 6.07) is 0. The Morgan fingerprint density at radius 3 is 1.64 bits per heavy atom. The molecule has 0 aromatic rings. The van der Waals surface area contributed by atoms with Gasteiger partial charge in [-0.15, -0.1) is 0 Å². The van der Waals surface area contributed by atoms with Crippen molar-refractivity contribution in [3.05, 3.63) is 0 Å². The molecule has 0 aromatic heterocycles. The maximum atomic E-state index is 12.0. The molecule has 1 N–H and O–H groups in total. The summed E-state index contributed by atoms with van der Waals surface area (Å²) in [5, 5.41) is 2.92. The predicted molar refractivity (Wildman–Crippen MR) is 150 cm³/mol. The molecule has 0 aromatic carbocycles. The molecule has 0 spiro atoms. The number of esters is 2. The summed E-state index contributed by atoms with van der Waals surface area (Å²) in [4.78, 5) is 46.8. The zero-order valence-electron chi connectivity index (χ0n) is 22.6. The Morgan fingerprint density at radius 1 is 0.583 bits per heavy atom. The minimum absolute atomic E-state index is 0.0485. The number of ketones is 1. The molecule has 0 unspecified atom stereocenters. The summed E-state index contributed by atoms with van der Waals surface area (Å²) < 4.78 is 10.2. The Bertz CT molecular complexity index is 539. The molecule has 0 aliphatic rings. The Balaban J connectivity index is 3.40. The van der Waals surface area contributed by atoms with E-state index in [4.69, 9.17) is 9.47 Å². The van der Waals surface area contributed by atoms with E-state index in [1.807, 2.05) is 0 Å². The smallest absolute Gasteiger partial charge is 0.305 e. The van der Waals surface area contributed by atoms with E-state index < -0.39 is 0 Å². The number of amides is 1. The van der Waals surface area contributed by atoms with Crippen molar-refractivity contribution in [2.45, 2.75) is 117 Å². The normalized spacial score (nSPS) is 10.7. The van der Waals surface area contributed by atoms with E-state index in [-0.39, 0.29) is 23.6 Å². The van der Waals surface area contributed by atoms with Crippen molar-refractivity contribution < 1.29 is 28.7 Å². The minimum Gasteiger partial charge on any atom is -0.466 e. The molecule has 1 amide bonds. The van der Waals surface area contributed by atoms with Gasteiger partial charge in [0.1, 0.15) is 5.78 Å². The number of rotatable bonds is 26. The molecule has 36 heavy (non-hydrogen) atoms. The van der Waals surface area contributed by atoms with Crippen LogP contribution < -0.4 is 5.32 Å². The first kappa shape index (κ1) is 34.8. The second-order valence-electron chi connectivity index (χ2n) is 8.91. The molecule has 0 atom stereocenters. The third-order valence-electron chi connectivity index (χ3n) is 5.45. The third-order valence-corrected chi connectivity index (χ3v) is 7.86. The second kappa shape index (κ2) is 26.8. The lowest BCUT2D eigenvalue weighted by molar-refractivity contribution is -0.144. The first-order chi connectivity index (χ1) is 17.5. The molecule has 0 aliphatic carbocycles. The average molecular weight is 548 g/mol. The van der Waals surface area contributed by atoms with E-state index in [2.05, 4.69) is 19.2 Å². The van der Waals surface area contributed by atoms with Crippen molar-refractivity contribution in [3.8, 4) is 0 Å². The SMILES string of the molecule is CCCCOC(=O)CCCCCCC(=O)CCSSCCC(=O)NCCCCCC(=O)OCCCC. The number of carbonyl (C=O) groups excluding carboxylic acids is 4. The molecule has 0 saturated carbocycles. The van der Waals surface area contributed by atoms with Crippen molar-refractivity contribution >= 4 is 45.2 Å². The average Bonchev–Trinajstić information content (AvgIpc) is 2.85. The van der Waals surface area contributed by atoms with Crippen molar-refractivity contribution in [1.29, 1.82) is 0 Å². The van der Waals surface area contributed by atoms with Crippen molar-refractivity contribution in [2.24, 2.45) is 0 Å². The van der Waals surface area contributed by atoms with Crippen LogP contribution in [-0.2, 0) is 28.7 Å². The van der Waals surface area contributed by atoms with Gasteiger partial charge in [0.25, 0.3) is 0 Å². The third kappa shape index (κ3) is 25.9. The Labute approximate surface area is 226 Å². The molecule has 7 nitrogen and oxygen atoms in total. The zero-order valence-corrected chi connectivity index (χ0v) is 24.2. The Hall–Kier alpha value is -1.22. The largest absolute Gasteiger partial charge is 0.466 e. The van der Waals surface area contributed by atoms with Crippen LogP contribution in [0.3, 0.4) is 0 Å². The summed E-state index contributed by atoms with van der Waals surface area (Å²) in [5.74, 6) is 1.60. The fraction of sp³-hybridized carbons (Fsp3) is 0.852. The molecule has 0 radical (unpaired) electrons. The lowest BCUT2D eigenvalue weighted by Gasteiger charge is -2.06. The van der Waals surface area contributed by atoms with E-state index in [1.54, 1.807) is 21.6 Å². The van der Waals surface area contributed by atoms with Crippen LogP contribution in [0, 0.1) is 0 Å². The fourth-order valence-corrected chi connectivity index (χ4v) is 5.19. The highest BCUT2D eigenvalue weighted by Gasteiger charge is 2.06. The van der Waals surface area contributed by atoms with E-state index in [0.29, 0.717) is 51.9 Å². The second-order valence-corrected chi connectivity index (χ2v) is 11.6. The van der Waals surface area contributed by atoms with Crippen LogP contribution in [0.2, 0.25) is 0 Å². The van der Waals surface area contributed by atoms with Crippen LogP contribution in [0.4, 0.5) is 0 Å². The number of hydrogen-bond acceptors (Lipinski definition) is 8. The number of Topliss-reactive ketones (excluding diaryl/α,β-unsaturated/α-hetero) is 1. The summed E-state index contributed by atoms with van der Waals surface area (Å²) in [5.41, 5.74) is 0. The lowest BCUT2D eigenvalue weighted by atomic mass is 10.1. The van der Waals surface area contributed by atoms with Gasteiger partial charge in [-0.25, -0.2) is 0 Å². The van der Waals surface area contributed by atoms with Crippen LogP contribution in [0.25, 0.3) is 0 Å². The summed E-state index contributed by atoms with van der Waals surface area (Å²) in [6.07, 6.45) is 12.6. The molecule has 9 heteroatoms. The Kier molecular flexibility index (Phi) is 25.9. The molecule has 0 rings (SSSR count). The summed E-state index contributed by atoms with van der Waals surface area (Å²) >= 11 is 0. The number of ether oxygens (including phenoxy) is 2. The van der Waals surface area contributed by atoms with Gasteiger partial charge in [-0.05, 0) is 38.5 Å². The van der Waals surface area contributed by atoms with Gasteiger partial charge >= 0.3 is 11.9 Å². The summed E-state index contributed by atoms with van der Waals surface area (Å²) in [6.45, 7) is 5.80. The molecule has 0 heterocycles. The molecule has 0 bridgehead atoms. The fourth-order valence-electron chi connectivity index (χ4n) is 3.17. The standard InChI is InChI=1S/C27H49NO6S2/c1-3-5-20-33-26(31)15-11-8-7-10-14-24(29)17-22-35-36-23-18-25(30)28-19-13-9-12-16-27(32)34-21-6-4-2/h3-23H2,1-2H3,(H,28,30). The number of carbonyl (C=O) groups is 4. The van der Waals surface area contributed by atoms with Gasteiger partial charge in [0, 0.05) is 50.2 Å². The van der Waals surface area contributed by atoms with E-state index in [1.165, 1.54) is 0 Å². The molecule has 0 aliphatic heterocycles. The van der Waals surface area contributed by atoms with Crippen LogP contribution in [0.5, 0.6) is 0 Å². The van der Waals surface area contributed by atoms with Crippen LogP contribution in [0.1, 0.15) is 117 Å². The van der Waals surface area contributed by atoms with Gasteiger partial charge in [-0.2, -0.15) is 0 Å². The molecular formula is C27H49NO6S2. The molecule has 210 valence electrons. The van der Waals surface area contributed by atoms with E-state index in [0.717, 1.165) is 82.1 Å². The van der Waals surface area contributed by atoms with Crippen LogP contribution in [-0.4, -0.2) is 54.9 Å². The first-order valence-electron chi connectivity index (χ1n) is 13.8. The molecule has 0 fully saturated rings. The minimum atomic E-state index is -0.128. The van der Waals surface area contributed by atoms with Gasteiger partial charge in [0.15, 0.2) is 0 Å². The van der Waals surface area contributed by atoms with Gasteiger partial charge in [-0.3, -0.25) is 19.2 Å². The maximum absolute atomic E-state index is 12.0. The lowest BCUT2D eigenvalue weighted by Crippen LogP contribution is -2.24. The number of nitrogens with one attached hydrogen (secondary N) is 1. The summed E-state index contributed by atoms with van der Waals surface area (Å²) in [7, 11) is 3.28. The van der Waals surface area contributed by atoms with Crippen LogP contribution >= 0.6 is 21.6 Å².